The minimum atomic E-state index is -0.548. The van der Waals surface area contributed by atoms with E-state index in [1.54, 1.807) is 4.90 Å². The summed E-state index contributed by atoms with van der Waals surface area (Å²) in [6, 6.07) is 15.3. The average Bonchev–Trinajstić information content (AvgIpc) is 3.46. The largest absolute Gasteiger partial charge is 0.444 e. The summed E-state index contributed by atoms with van der Waals surface area (Å²) in [6.45, 7) is 15.7. The number of benzene rings is 2. The number of hydrogen-bond donors (Lipinski definition) is 2. The Morgan fingerprint density at radius 3 is 2.25 bits per heavy atom. The van der Waals surface area contributed by atoms with Crippen molar-refractivity contribution in [3.8, 4) is 0 Å². The van der Waals surface area contributed by atoms with Crippen LogP contribution in [0.2, 0.25) is 0 Å². The monoisotopic (exact) mass is 660 g/mol. The number of nitrogens with one attached hydrogen (secondary N) is 2. The van der Waals surface area contributed by atoms with Crippen LogP contribution in [0.4, 0.5) is 4.79 Å². The van der Waals surface area contributed by atoms with Crippen molar-refractivity contribution in [2.75, 3.05) is 26.2 Å². The standard InChI is InChI=1S/C38H52N4O6/c1-25(15-19-40-34(45)27-17-21-42(22-18-27)36(46)48-38(5,6)7)23-32(43)39-20-16-29(26-11-9-8-10-12-26)33(44)35-41-30-24-28(37(2,3)4)13-14-31(30)47-35/h8-14,24-25,27,29H,15-23H2,1-7H3,(H,39,43)(H,40,45). The highest BCUT2D eigenvalue weighted by atomic mass is 16.6. The zero-order chi connectivity index (χ0) is 35.1. The number of rotatable bonds is 12. The molecular formula is C38H52N4O6. The molecule has 3 amide bonds. The van der Waals surface area contributed by atoms with Gasteiger partial charge in [0, 0.05) is 38.5 Å². The molecule has 48 heavy (non-hydrogen) atoms. The summed E-state index contributed by atoms with van der Waals surface area (Å²) in [7, 11) is 0. The molecule has 0 aliphatic carbocycles. The van der Waals surface area contributed by atoms with Crippen molar-refractivity contribution in [1.82, 2.24) is 20.5 Å². The van der Waals surface area contributed by atoms with Gasteiger partial charge in [0.1, 0.15) is 11.1 Å². The molecule has 2 heterocycles. The van der Waals surface area contributed by atoms with Crippen LogP contribution in [-0.4, -0.2) is 65.4 Å². The lowest BCUT2D eigenvalue weighted by molar-refractivity contribution is -0.126. The van der Waals surface area contributed by atoms with Crippen LogP contribution in [0.3, 0.4) is 0 Å². The van der Waals surface area contributed by atoms with Gasteiger partial charge in [0.05, 0.1) is 5.92 Å². The Hall–Kier alpha value is -4.21. The van der Waals surface area contributed by atoms with Crippen molar-refractivity contribution in [3.63, 3.8) is 0 Å². The van der Waals surface area contributed by atoms with Crippen molar-refractivity contribution in [2.45, 2.75) is 97.5 Å². The summed E-state index contributed by atoms with van der Waals surface area (Å²) in [5, 5.41) is 5.98. The normalized spacial score (nSPS) is 15.5. The van der Waals surface area contributed by atoms with E-state index in [9.17, 15) is 19.2 Å². The zero-order valence-corrected chi connectivity index (χ0v) is 29.6. The Balaban J connectivity index is 1.22. The number of carbonyl (C=O) groups excluding carboxylic acids is 4. The van der Waals surface area contributed by atoms with Crippen molar-refractivity contribution >= 4 is 34.8 Å². The Labute approximate surface area is 284 Å². The second kappa shape index (κ2) is 15.8. The SMILES string of the molecule is CC(CCNC(=O)C1CCN(C(=O)OC(C)(C)C)CC1)CC(=O)NCCC(C(=O)c1nc2cc(C(C)(C)C)ccc2o1)c1ccccc1. The molecule has 10 heteroatoms. The number of oxazole rings is 1. The highest BCUT2D eigenvalue weighted by molar-refractivity contribution is 5.99. The first kappa shape index (κ1) is 36.6. The van der Waals surface area contributed by atoms with Gasteiger partial charge < -0.3 is 24.7 Å². The molecule has 2 atom stereocenters. The van der Waals surface area contributed by atoms with Gasteiger partial charge in [-0.05, 0) is 81.0 Å². The Morgan fingerprint density at radius 2 is 1.60 bits per heavy atom. The van der Waals surface area contributed by atoms with E-state index in [1.165, 1.54) is 0 Å². The smallest absolute Gasteiger partial charge is 0.410 e. The van der Waals surface area contributed by atoms with Crippen LogP contribution in [0, 0.1) is 11.8 Å². The number of ether oxygens (including phenoxy) is 1. The molecule has 1 aromatic heterocycles. The van der Waals surface area contributed by atoms with Gasteiger partial charge in [-0.3, -0.25) is 14.4 Å². The van der Waals surface area contributed by atoms with Crippen LogP contribution in [0.1, 0.15) is 108 Å². The minimum absolute atomic E-state index is 0.0132. The van der Waals surface area contributed by atoms with Crippen molar-refractivity contribution in [3.05, 3.63) is 65.5 Å². The van der Waals surface area contributed by atoms with Crippen LogP contribution in [0.5, 0.6) is 0 Å². The molecule has 2 N–H and O–H groups in total. The second-order valence-electron chi connectivity index (χ2n) is 15.0. The molecule has 1 fully saturated rings. The van der Waals surface area contributed by atoms with Gasteiger partial charge in [-0.2, -0.15) is 0 Å². The molecule has 3 aromatic rings. The summed E-state index contributed by atoms with van der Waals surface area (Å²) in [6.07, 6.45) is 2.23. The first-order valence-corrected chi connectivity index (χ1v) is 17.1. The molecule has 10 nitrogen and oxygen atoms in total. The highest BCUT2D eigenvalue weighted by Gasteiger charge is 2.30. The third-order valence-electron chi connectivity index (χ3n) is 8.73. The first-order valence-electron chi connectivity index (χ1n) is 17.1. The predicted molar refractivity (Wildman–Crippen MR) is 186 cm³/mol. The second-order valence-corrected chi connectivity index (χ2v) is 15.0. The fourth-order valence-corrected chi connectivity index (χ4v) is 5.87. The average molecular weight is 661 g/mol. The Bertz CT molecular complexity index is 1560. The lowest BCUT2D eigenvalue weighted by atomic mass is 9.87. The molecule has 0 radical (unpaired) electrons. The minimum Gasteiger partial charge on any atom is -0.444 e. The molecular weight excluding hydrogens is 608 g/mol. The third-order valence-corrected chi connectivity index (χ3v) is 8.73. The summed E-state index contributed by atoms with van der Waals surface area (Å²) < 4.78 is 11.3. The summed E-state index contributed by atoms with van der Waals surface area (Å²) in [4.78, 5) is 57.7. The van der Waals surface area contributed by atoms with E-state index in [0.29, 0.717) is 69.4 Å². The summed E-state index contributed by atoms with van der Waals surface area (Å²) >= 11 is 0. The molecule has 1 aliphatic heterocycles. The number of carbonyl (C=O) groups is 4. The maximum atomic E-state index is 13.7. The number of Topliss-reactive ketones (excluding diaryl/α,β-unsaturated/α-hetero) is 1. The molecule has 1 saturated heterocycles. The van der Waals surface area contributed by atoms with Gasteiger partial charge in [0.2, 0.25) is 17.6 Å². The number of fused-ring (bicyclic) bond motifs is 1. The van der Waals surface area contributed by atoms with E-state index in [0.717, 1.165) is 11.1 Å². The molecule has 1 aliphatic rings. The molecule has 2 unspecified atom stereocenters. The maximum absolute atomic E-state index is 13.7. The summed E-state index contributed by atoms with van der Waals surface area (Å²) in [5.74, 6) is -0.865. The number of aromatic nitrogens is 1. The number of amides is 3. The van der Waals surface area contributed by atoms with Crippen molar-refractivity contribution in [2.24, 2.45) is 11.8 Å². The fraction of sp³-hybridized carbons (Fsp3) is 0.553. The van der Waals surface area contributed by atoms with Crippen molar-refractivity contribution < 1.29 is 28.3 Å². The van der Waals surface area contributed by atoms with Crippen LogP contribution in [-0.2, 0) is 19.7 Å². The van der Waals surface area contributed by atoms with Gasteiger partial charge in [-0.15, -0.1) is 0 Å². The maximum Gasteiger partial charge on any atom is 0.410 e. The van der Waals surface area contributed by atoms with Gasteiger partial charge in [0.15, 0.2) is 5.58 Å². The van der Waals surface area contributed by atoms with E-state index in [2.05, 4.69) is 36.4 Å². The van der Waals surface area contributed by atoms with Crippen molar-refractivity contribution in [1.29, 1.82) is 0 Å². The van der Waals surface area contributed by atoms with Crippen LogP contribution in [0.25, 0.3) is 11.1 Å². The molecule has 2 aromatic carbocycles. The van der Waals surface area contributed by atoms with Gasteiger partial charge >= 0.3 is 6.09 Å². The zero-order valence-electron chi connectivity index (χ0n) is 29.6. The predicted octanol–water partition coefficient (Wildman–Crippen LogP) is 6.78. The first-order chi connectivity index (χ1) is 22.6. The molecule has 0 spiro atoms. The quantitative estimate of drug-likeness (QED) is 0.205. The molecule has 0 bridgehead atoms. The lowest BCUT2D eigenvalue weighted by Gasteiger charge is -2.33. The van der Waals surface area contributed by atoms with E-state index in [1.807, 2.05) is 76.2 Å². The van der Waals surface area contributed by atoms with Gasteiger partial charge in [0.25, 0.3) is 5.89 Å². The Kier molecular flexibility index (Phi) is 12.0. The number of hydrogen-bond acceptors (Lipinski definition) is 7. The van der Waals surface area contributed by atoms with E-state index < -0.39 is 11.5 Å². The molecule has 260 valence electrons. The van der Waals surface area contributed by atoms with Crippen LogP contribution in [0.15, 0.2) is 52.9 Å². The van der Waals surface area contributed by atoms with E-state index in [4.69, 9.17) is 9.15 Å². The molecule has 0 saturated carbocycles. The topological polar surface area (TPSA) is 131 Å². The van der Waals surface area contributed by atoms with Gasteiger partial charge in [-0.25, -0.2) is 9.78 Å². The number of likely N-dealkylation sites (tertiary alicyclic amines) is 1. The molecule has 4 rings (SSSR count). The highest BCUT2D eigenvalue weighted by Crippen LogP contribution is 2.29. The lowest BCUT2D eigenvalue weighted by Crippen LogP contribution is -2.45. The van der Waals surface area contributed by atoms with E-state index in [-0.39, 0.29) is 46.8 Å². The van der Waals surface area contributed by atoms with Crippen LogP contribution < -0.4 is 10.6 Å². The number of nitrogens with zero attached hydrogens (tertiary/aromatic N) is 2. The fourth-order valence-electron chi connectivity index (χ4n) is 5.87. The Morgan fingerprint density at radius 1 is 0.938 bits per heavy atom. The van der Waals surface area contributed by atoms with Crippen LogP contribution >= 0.6 is 0 Å². The summed E-state index contributed by atoms with van der Waals surface area (Å²) in [5.41, 5.74) is 2.57. The van der Waals surface area contributed by atoms with Gasteiger partial charge in [-0.1, -0.05) is 64.1 Å². The number of piperidine rings is 1. The third kappa shape index (κ3) is 10.4. The number of ketones is 1. The van der Waals surface area contributed by atoms with E-state index >= 15 is 0 Å².